The summed E-state index contributed by atoms with van der Waals surface area (Å²) in [6.45, 7) is 7.08. The van der Waals surface area contributed by atoms with E-state index in [1.807, 2.05) is 0 Å². The molecule has 0 heterocycles. The molecular weight excluding hydrogens is 124 g/mol. The molecule has 0 aromatic carbocycles. The first-order chi connectivity index (χ1) is 4.81. The Morgan fingerprint density at radius 3 is 2.70 bits per heavy atom. The summed E-state index contributed by atoms with van der Waals surface area (Å²) >= 11 is 0. The number of aliphatic imine (C=N–C) groups is 1. The summed E-state index contributed by atoms with van der Waals surface area (Å²) < 4.78 is 0. The van der Waals surface area contributed by atoms with Crippen LogP contribution in [0, 0.1) is 5.41 Å². The molecule has 0 aromatic heterocycles. The number of hydrogen-bond donors (Lipinski definition) is 1. The van der Waals surface area contributed by atoms with Gasteiger partial charge >= 0.3 is 0 Å². The molecule has 0 atom stereocenters. The predicted octanol–water partition coefficient (Wildman–Crippen LogP) is 1.96. The zero-order chi connectivity index (χ0) is 7.82. The minimum atomic E-state index is 0.614. The van der Waals surface area contributed by atoms with E-state index in [2.05, 4.69) is 18.2 Å². The molecule has 0 saturated carbocycles. The van der Waals surface area contributed by atoms with Gasteiger partial charge in [-0.15, -0.1) is 0 Å². The van der Waals surface area contributed by atoms with Gasteiger partial charge in [-0.3, -0.25) is 4.99 Å². The molecule has 0 bridgehead atoms. The van der Waals surface area contributed by atoms with Gasteiger partial charge in [0, 0.05) is 12.4 Å². The van der Waals surface area contributed by atoms with E-state index in [9.17, 15) is 0 Å². The van der Waals surface area contributed by atoms with Gasteiger partial charge in [0.1, 0.15) is 0 Å². The van der Waals surface area contributed by atoms with E-state index in [1.54, 1.807) is 18.2 Å². The third-order valence-electron chi connectivity index (χ3n) is 0.740. The first kappa shape index (κ1) is 8.56. The maximum Gasteiger partial charge on any atom is 0.0558 e. The van der Waals surface area contributed by atoms with Crippen molar-refractivity contribution >= 4 is 12.4 Å². The predicted molar refractivity (Wildman–Crippen MR) is 45.8 cm³/mol. The lowest BCUT2D eigenvalue weighted by molar-refractivity contribution is 1.46. The lowest BCUT2D eigenvalue weighted by Crippen LogP contribution is -1.72. The zero-order valence-electron chi connectivity index (χ0n) is 5.75. The smallest absolute Gasteiger partial charge is 0.0558 e. The summed E-state index contributed by atoms with van der Waals surface area (Å²) in [4.78, 5) is 3.78. The van der Waals surface area contributed by atoms with Crippen LogP contribution in [0.5, 0.6) is 0 Å². The molecule has 1 N–H and O–H groups in total. The fourth-order valence-electron chi connectivity index (χ4n) is 0.355. The van der Waals surface area contributed by atoms with Gasteiger partial charge in [0.2, 0.25) is 0 Å². The summed E-state index contributed by atoms with van der Waals surface area (Å²) in [5.41, 5.74) is 0.614. The highest BCUT2D eigenvalue weighted by Gasteiger charge is 1.75. The van der Waals surface area contributed by atoms with E-state index < -0.39 is 0 Å². The molecule has 0 rings (SSSR count). The normalized spacial score (nSPS) is 10.4. The molecule has 2 heteroatoms. The minimum absolute atomic E-state index is 0.614. The topological polar surface area (TPSA) is 36.2 Å². The van der Waals surface area contributed by atoms with E-state index in [1.165, 1.54) is 6.21 Å². The molecule has 0 aromatic rings. The molecule has 0 aliphatic rings. The van der Waals surface area contributed by atoms with Crippen molar-refractivity contribution in [3.8, 4) is 0 Å². The van der Waals surface area contributed by atoms with Crippen LogP contribution >= 0.6 is 0 Å². The molecule has 0 spiro atoms. The summed E-state index contributed by atoms with van der Waals surface area (Å²) in [5.74, 6) is 0. The minimum Gasteiger partial charge on any atom is -0.307 e. The second-order valence-corrected chi connectivity index (χ2v) is 1.53. The van der Waals surface area contributed by atoms with Crippen LogP contribution in [0.15, 0.2) is 42.1 Å². The van der Waals surface area contributed by atoms with Crippen molar-refractivity contribution in [1.82, 2.24) is 0 Å². The maximum absolute atomic E-state index is 6.61. The number of allylic oxidation sites excluding steroid dienone is 3. The number of hydrogen-bond acceptors (Lipinski definition) is 2. The van der Waals surface area contributed by atoms with Crippen molar-refractivity contribution in [3.63, 3.8) is 0 Å². The highest BCUT2D eigenvalue weighted by molar-refractivity contribution is 6.14. The SMILES string of the molecule is C=C/C=C\C(=C)/N=C\C=N. The molecule has 0 amide bonds. The van der Waals surface area contributed by atoms with E-state index in [0.717, 1.165) is 6.21 Å². The first-order valence-corrected chi connectivity index (χ1v) is 2.82. The fraction of sp³-hybridized carbons (Fsp3) is 0. The Hall–Kier alpha value is -1.44. The van der Waals surface area contributed by atoms with Gasteiger partial charge in [-0.1, -0.05) is 25.3 Å². The maximum atomic E-state index is 6.61. The molecular formula is C8H10N2. The van der Waals surface area contributed by atoms with Gasteiger partial charge in [-0.25, -0.2) is 0 Å². The Morgan fingerprint density at radius 1 is 1.50 bits per heavy atom. The van der Waals surface area contributed by atoms with E-state index in [0.29, 0.717) is 5.70 Å². The zero-order valence-corrected chi connectivity index (χ0v) is 5.75. The highest BCUT2D eigenvalue weighted by Crippen LogP contribution is 1.92. The van der Waals surface area contributed by atoms with Crippen LogP contribution in [-0.4, -0.2) is 12.4 Å². The Bertz CT molecular complexity index is 167. The van der Waals surface area contributed by atoms with Crippen molar-refractivity contribution in [2.24, 2.45) is 4.99 Å². The van der Waals surface area contributed by atoms with E-state index in [4.69, 9.17) is 5.41 Å². The van der Waals surface area contributed by atoms with Crippen LogP contribution in [-0.2, 0) is 0 Å². The molecule has 0 saturated heterocycles. The monoisotopic (exact) mass is 134 g/mol. The van der Waals surface area contributed by atoms with E-state index >= 15 is 0 Å². The Kier molecular flexibility index (Phi) is 4.87. The van der Waals surface area contributed by atoms with E-state index in [-0.39, 0.29) is 0 Å². The van der Waals surface area contributed by atoms with Crippen LogP contribution in [0.3, 0.4) is 0 Å². The van der Waals surface area contributed by atoms with Gasteiger partial charge < -0.3 is 5.41 Å². The molecule has 0 aliphatic carbocycles. The van der Waals surface area contributed by atoms with Gasteiger partial charge in [0.25, 0.3) is 0 Å². The highest BCUT2D eigenvalue weighted by atomic mass is 14.7. The third kappa shape index (κ3) is 4.71. The van der Waals surface area contributed by atoms with Gasteiger partial charge in [0.15, 0.2) is 0 Å². The van der Waals surface area contributed by atoms with Crippen LogP contribution in [0.25, 0.3) is 0 Å². The molecule has 52 valence electrons. The van der Waals surface area contributed by atoms with Crippen molar-refractivity contribution in [3.05, 3.63) is 37.1 Å². The summed E-state index contributed by atoms with van der Waals surface area (Å²) in [6, 6.07) is 0. The van der Waals surface area contributed by atoms with Crippen molar-refractivity contribution in [2.75, 3.05) is 0 Å². The first-order valence-electron chi connectivity index (χ1n) is 2.82. The Labute approximate surface area is 60.8 Å². The van der Waals surface area contributed by atoms with Crippen LogP contribution in [0.1, 0.15) is 0 Å². The number of nitrogens with one attached hydrogen (secondary N) is 1. The molecule has 0 fully saturated rings. The lowest BCUT2D eigenvalue weighted by Gasteiger charge is -1.83. The molecule has 2 nitrogen and oxygen atoms in total. The quantitative estimate of drug-likeness (QED) is 0.450. The summed E-state index contributed by atoms with van der Waals surface area (Å²) in [7, 11) is 0. The Morgan fingerprint density at radius 2 is 2.20 bits per heavy atom. The van der Waals surface area contributed by atoms with Crippen molar-refractivity contribution in [2.45, 2.75) is 0 Å². The van der Waals surface area contributed by atoms with Gasteiger partial charge in [-0.2, -0.15) is 0 Å². The van der Waals surface area contributed by atoms with Crippen LogP contribution < -0.4 is 0 Å². The van der Waals surface area contributed by atoms with Crippen LogP contribution in [0.2, 0.25) is 0 Å². The fourth-order valence-corrected chi connectivity index (χ4v) is 0.355. The second-order valence-electron chi connectivity index (χ2n) is 1.53. The lowest BCUT2D eigenvalue weighted by atomic mass is 10.4. The summed E-state index contributed by atoms with van der Waals surface area (Å²) in [6.07, 6.45) is 7.57. The largest absolute Gasteiger partial charge is 0.307 e. The average molecular weight is 134 g/mol. The van der Waals surface area contributed by atoms with Gasteiger partial charge in [-0.05, 0) is 6.08 Å². The molecule has 0 unspecified atom stereocenters. The van der Waals surface area contributed by atoms with Crippen molar-refractivity contribution < 1.29 is 0 Å². The molecule has 0 aliphatic heterocycles. The average Bonchev–Trinajstić information content (AvgIpc) is 1.97. The standard InChI is InChI=1S/C8H10N2/c1-3-4-5-8(2)10-7-6-9/h3-7,9H,1-2H2/b5-4-,9-6?,10-7-. The third-order valence-corrected chi connectivity index (χ3v) is 0.740. The number of rotatable bonds is 4. The molecule has 10 heavy (non-hydrogen) atoms. The van der Waals surface area contributed by atoms with Crippen molar-refractivity contribution in [1.29, 1.82) is 5.41 Å². The number of nitrogens with zero attached hydrogens (tertiary/aromatic N) is 1. The second kappa shape index (κ2) is 5.69. The Balaban J connectivity index is 3.85. The van der Waals surface area contributed by atoms with Gasteiger partial charge in [0.05, 0.1) is 5.70 Å². The summed E-state index contributed by atoms with van der Waals surface area (Å²) in [5, 5.41) is 6.61. The van der Waals surface area contributed by atoms with Crippen LogP contribution in [0.4, 0.5) is 0 Å². The molecule has 0 radical (unpaired) electrons.